The molecule has 0 radical (unpaired) electrons. The van der Waals surface area contributed by atoms with Gasteiger partial charge in [0.1, 0.15) is 5.69 Å². The van der Waals surface area contributed by atoms with E-state index in [2.05, 4.69) is 31.0 Å². The molecule has 1 aromatic heterocycles. The molecule has 1 amide bonds. The van der Waals surface area contributed by atoms with Crippen LogP contribution in [-0.2, 0) is 0 Å². The van der Waals surface area contributed by atoms with Gasteiger partial charge in [-0.3, -0.25) is 9.89 Å². The Kier molecular flexibility index (Phi) is 3.22. The summed E-state index contributed by atoms with van der Waals surface area (Å²) in [6.07, 6.45) is 2.49. The summed E-state index contributed by atoms with van der Waals surface area (Å²) in [5.74, 6) is 1.08. The molecule has 1 heterocycles. The summed E-state index contributed by atoms with van der Waals surface area (Å²) in [7, 11) is 1.87. The monoisotopic (exact) mass is 235 g/mol. The maximum atomic E-state index is 12.2. The highest BCUT2D eigenvalue weighted by Gasteiger charge is 2.33. The Morgan fingerprint density at radius 2 is 2.12 bits per heavy atom. The molecule has 1 aliphatic carbocycles. The number of hydrogen-bond acceptors (Lipinski definition) is 2. The molecule has 0 aromatic carbocycles. The summed E-state index contributed by atoms with van der Waals surface area (Å²) in [6, 6.07) is 2.19. The normalized spacial score (nSPS) is 17.2. The maximum Gasteiger partial charge on any atom is 0.274 e. The molecule has 1 N–H and O–H groups in total. The van der Waals surface area contributed by atoms with Crippen LogP contribution < -0.4 is 0 Å². The molecule has 2 rings (SSSR count). The number of nitrogens with one attached hydrogen (secondary N) is 1. The minimum atomic E-state index is 0.0209. The summed E-state index contributed by atoms with van der Waals surface area (Å²) in [5.41, 5.74) is 1.55. The predicted octanol–water partition coefficient (Wildman–Crippen LogP) is 2.40. The van der Waals surface area contributed by atoms with Crippen LogP contribution in [0, 0.1) is 5.92 Å². The SMILES string of the molecule is CC(C)c1cc(C(=O)N(C)C(C)C2CC2)n[nH]1. The van der Waals surface area contributed by atoms with E-state index in [0.29, 0.717) is 23.6 Å². The van der Waals surface area contributed by atoms with Gasteiger partial charge in [0.05, 0.1) is 0 Å². The quantitative estimate of drug-likeness (QED) is 0.871. The second-order valence-electron chi connectivity index (χ2n) is 5.36. The zero-order valence-electron chi connectivity index (χ0n) is 11.0. The van der Waals surface area contributed by atoms with Gasteiger partial charge in [-0.25, -0.2) is 0 Å². The molecule has 4 heteroatoms. The highest BCUT2D eigenvalue weighted by molar-refractivity contribution is 5.92. The molecular formula is C13H21N3O. The van der Waals surface area contributed by atoms with E-state index in [1.165, 1.54) is 12.8 Å². The standard InChI is InChI=1S/C13H21N3O/c1-8(2)11-7-12(15-14-11)13(17)16(4)9(3)10-5-6-10/h7-10H,5-6H2,1-4H3,(H,14,15). The Hall–Kier alpha value is -1.32. The topological polar surface area (TPSA) is 49.0 Å². The Morgan fingerprint density at radius 3 is 2.59 bits per heavy atom. The van der Waals surface area contributed by atoms with Gasteiger partial charge in [-0.15, -0.1) is 0 Å². The van der Waals surface area contributed by atoms with Crippen molar-refractivity contribution in [1.29, 1.82) is 0 Å². The molecular weight excluding hydrogens is 214 g/mol. The smallest absolute Gasteiger partial charge is 0.274 e. The molecule has 0 spiro atoms. The Bertz CT molecular complexity index is 407. The van der Waals surface area contributed by atoms with Crippen LogP contribution in [0.15, 0.2) is 6.07 Å². The van der Waals surface area contributed by atoms with Crippen molar-refractivity contribution in [2.75, 3.05) is 7.05 Å². The number of amides is 1. The third kappa shape index (κ3) is 2.51. The van der Waals surface area contributed by atoms with Gasteiger partial charge in [-0.2, -0.15) is 5.10 Å². The Labute approximate surface area is 102 Å². The number of H-pyrrole nitrogens is 1. The minimum Gasteiger partial charge on any atom is -0.337 e. The van der Waals surface area contributed by atoms with Crippen LogP contribution in [0.2, 0.25) is 0 Å². The van der Waals surface area contributed by atoms with Crippen LogP contribution in [0.1, 0.15) is 55.7 Å². The predicted molar refractivity (Wildman–Crippen MR) is 67.0 cm³/mol. The van der Waals surface area contributed by atoms with Crippen molar-refractivity contribution in [2.24, 2.45) is 5.92 Å². The van der Waals surface area contributed by atoms with E-state index in [4.69, 9.17) is 0 Å². The Morgan fingerprint density at radius 1 is 1.47 bits per heavy atom. The van der Waals surface area contributed by atoms with Gasteiger partial charge in [-0.1, -0.05) is 13.8 Å². The van der Waals surface area contributed by atoms with Crippen molar-refractivity contribution in [3.8, 4) is 0 Å². The highest BCUT2D eigenvalue weighted by Crippen LogP contribution is 2.35. The zero-order valence-corrected chi connectivity index (χ0v) is 11.0. The average Bonchev–Trinajstić information content (AvgIpc) is 3.03. The van der Waals surface area contributed by atoms with E-state index in [-0.39, 0.29) is 5.91 Å². The van der Waals surface area contributed by atoms with Crippen molar-refractivity contribution in [3.63, 3.8) is 0 Å². The Balaban J connectivity index is 2.07. The first-order valence-corrected chi connectivity index (χ1v) is 6.33. The fraction of sp³-hybridized carbons (Fsp3) is 0.692. The lowest BCUT2D eigenvalue weighted by atomic mass is 10.1. The first kappa shape index (κ1) is 12.1. The van der Waals surface area contributed by atoms with Crippen LogP contribution in [0.3, 0.4) is 0 Å². The summed E-state index contributed by atoms with van der Waals surface area (Å²) in [5, 5.41) is 7.03. The van der Waals surface area contributed by atoms with Crippen molar-refractivity contribution in [2.45, 2.75) is 45.6 Å². The summed E-state index contributed by atoms with van der Waals surface area (Å²) < 4.78 is 0. The van der Waals surface area contributed by atoms with Crippen molar-refractivity contribution < 1.29 is 4.79 Å². The molecule has 1 saturated carbocycles. The average molecular weight is 235 g/mol. The molecule has 0 saturated heterocycles. The summed E-state index contributed by atoms with van der Waals surface area (Å²) in [6.45, 7) is 6.28. The second-order valence-corrected chi connectivity index (χ2v) is 5.36. The number of rotatable bonds is 4. The molecule has 17 heavy (non-hydrogen) atoms. The van der Waals surface area contributed by atoms with Crippen LogP contribution in [0.4, 0.5) is 0 Å². The van der Waals surface area contributed by atoms with Crippen LogP contribution in [0.25, 0.3) is 0 Å². The van der Waals surface area contributed by atoms with E-state index in [0.717, 1.165) is 5.69 Å². The van der Waals surface area contributed by atoms with Crippen molar-refractivity contribution in [3.05, 3.63) is 17.5 Å². The molecule has 1 atom stereocenters. The fourth-order valence-corrected chi connectivity index (χ4v) is 2.00. The second kappa shape index (κ2) is 4.51. The number of aromatic amines is 1. The van der Waals surface area contributed by atoms with E-state index in [1.807, 2.05) is 18.0 Å². The van der Waals surface area contributed by atoms with Crippen LogP contribution >= 0.6 is 0 Å². The largest absolute Gasteiger partial charge is 0.337 e. The molecule has 4 nitrogen and oxygen atoms in total. The number of carbonyl (C=O) groups is 1. The molecule has 94 valence electrons. The third-order valence-electron chi connectivity index (χ3n) is 3.67. The number of nitrogens with zero attached hydrogens (tertiary/aromatic N) is 2. The van der Waals surface area contributed by atoms with Crippen molar-refractivity contribution >= 4 is 5.91 Å². The van der Waals surface area contributed by atoms with E-state index in [1.54, 1.807) is 0 Å². The van der Waals surface area contributed by atoms with E-state index >= 15 is 0 Å². The molecule has 1 aromatic rings. The van der Waals surface area contributed by atoms with Gasteiger partial charge in [-0.05, 0) is 37.7 Å². The third-order valence-corrected chi connectivity index (χ3v) is 3.67. The van der Waals surface area contributed by atoms with Crippen LogP contribution in [-0.4, -0.2) is 34.1 Å². The molecule has 1 aliphatic rings. The molecule has 0 bridgehead atoms. The molecule has 1 unspecified atom stereocenters. The lowest BCUT2D eigenvalue weighted by molar-refractivity contribution is 0.0721. The van der Waals surface area contributed by atoms with Gasteiger partial charge in [0.2, 0.25) is 0 Å². The van der Waals surface area contributed by atoms with Gasteiger partial charge in [0.25, 0.3) is 5.91 Å². The highest BCUT2D eigenvalue weighted by atomic mass is 16.2. The summed E-state index contributed by atoms with van der Waals surface area (Å²) in [4.78, 5) is 14.0. The molecule has 0 aliphatic heterocycles. The zero-order chi connectivity index (χ0) is 12.6. The number of carbonyl (C=O) groups excluding carboxylic acids is 1. The van der Waals surface area contributed by atoms with Gasteiger partial charge in [0.15, 0.2) is 0 Å². The van der Waals surface area contributed by atoms with Gasteiger partial charge in [0, 0.05) is 18.8 Å². The van der Waals surface area contributed by atoms with E-state index in [9.17, 15) is 4.79 Å². The fourth-order valence-electron chi connectivity index (χ4n) is 2.00. The van der Waals surface area contributed by atoms with Crippen molar-refractivity contribution in [1.82, 2.24) is 15.1 Å². The summed E-state index contributed by atoms with van der Waals surface area (Å²) >= 11 is 0. The van der Waals surface area contributed by atoms with Crippen LogP contribution in [0.5, 0.6) is 0 Å². The minimum absolute atomic E-state index is 0.0209. The van der Waals surface area contributed by atoms with Gasteiger partial charge < -0.3 is 4.90 Å². The first-order valence-electron chi connectivity index (χ1n) is 6.33. The maximum absolute atomic E-state index is 12.2. The number of aromatic nitrogens is 2. The van der Waals surface area contributed by atoms with Gasteiger partial charge >= 0.3 is 0 Å². The molecule has 1 fully saturated rings. The van der Waals surface area contributed by atoms with E-state index < -0.39 is 0 Å². The number of hydrogen-bond donors (Lipinski definition) is 1. The lowest BCUT2D eigenvalue weighted by Gasteiger charge is -2.23. The first-order chi connectivity index (χ1) is 8.00. The lowest BCUT2D eigenvalue weighted by Crippen LogP contribution is -2.36.